The maximum Gasteiger partial charge on any atom is 0.209 e. The Bertz CT molecular complexity index is 559. The summed E-state index contributed by atoms with van der Waals surface area (Å²) in [6.07, 6.45) is 7.04. The Morgan fingerprint density at radius 1 is 1.15 bits per heavy atom. The maximum absolute atomic E-state index is 6.00. The normalized spacial score (nSPS) is 17.1. The van der Waals surface area contributed by atoms with E-state index >= 15 is 0 Å². The molecule has 0 radical (unpaired) electrons. The average Bonchev–Trinajstić information content (AvgIpc) is 2.75. The van der Waals surface area contributed by atoms with Crippen LogP contribution in [0.3, 0.4) is 0 Å². The van der Waals surface area contributed by atoms with E-state index in [9.17, 15) is 0 Å². The van der Waals surface area contributed by atoms with Crippen molar-refractivity contribution >= 4 is 11.6 Å². The average molecular weight is 291 g/mol. The highest BCUT2D eigenvalue weighted by Crippen LogP contribution is 2.24. The number of hydrogen-bond donors (Lipinski definition) is 0. The molecule has 1 aliphatic rings. The summed E-state index contributed by atoms with van der Waals surface area (Å²) < 4.78 is 5.86. The van der Waals surface area contributed by atoms with Gasteiger partial charge in [-0.1, -0.05) is 36.6 Å². The van der Waals surface area contributed by atoms with Gasteiger partial charge in [0.05, 0.1) is 12.7 Å². The van der Waals surface area contributed by atoms with Gasteiger partial charge in [0.25, 0.3) is 0 Å². The molecule has 0 bridgehead atoms. The second-order valence-electron chi connectivity index (χ2n) is 5.32. The van der Waals surface area contributed by atoms with Crippen molar-refractivity contribution in [1.82, 2.24) is 9.88 Å². The SMILES string of the molecule is Clc1cccc(-c2cnc(CN3CCCCCC3)o2)c1. The molecule has 0 unspecified atom stereocenters. The number of nitrogens with zero attached hydrogens (tertiary/aromatic N) is 2. The molecule has 1 fully saturated rings. The van der Waals surface area contributed by atoms with Gasteiger partial charge in [-0.05, 0) is 38.1 Å². The molecule has 0 saturated carbocycles. The molecule has 0 N–H and O–H groups in total. The predicted molar refractivity (Wildman–Crippen MR) is 80.7 cm³/mol. The Morgan fingerprint density at radius 3 is 2.70 bits per heavy atom. The van der Waals surface area contributed by atoms with E-state index in [4.69, 9.17) is 16.0 Å². The smallest absolute Gasteiger partial charge is 0.209 e. The zero-order valence-electron chi connectivity index (χ0n) is 11.5. The van der Waals surface area contributed by atoms with Gasteiger partial charge in [-0.25, -0.2) is 4.98 Å². The van der Waals surface area contributed by atoms with Crippen LogP contribution in [0.5, 0.6) is 0 Å². The number of rotatable bonds is 3. The van der Waals surface area contributed by atoms with Gasteiger partial charge in [0.1, 0.15) is 0 Å². The lowest BCUT2D eigenvalue weighted by atomic mass is 10.2. The molecule has 20 heavy (non-hydrogen) atoms. The van der Waals surface area contributed by atoms with Crippen LogP contribution in [-0.2, 0) is 6.54 Å². The van der Waals surface area contributed by atoms with Gasteiger partial charge in [-0.15, -0.1) is 0 Å². The van der Waals surface area contributed by atoms with Gasteiger partial charge in [0.2, 0.25) is 5.89 Å². The van der Waals surface area contributed by atoms with Gasteiger partial charge >= 0.3 is 0 Å². The fourth-order valence-electron chi connectivity index (χ4n) is 2.64. The molecule has 0 amide bonds. The monoisotopic (exact) mass is 290 g/mol. The van der Waals surface area contributed by atoms with E-state index < -0.39 is 0 Å². The molecular weight excluding hydrogens is 272 g/mol. The Kier molecular flexibility index (Phi) is 4.38. The third-order valence-corrected chi connectivity index (χ3v) is 3.96. The quantitative estimate of drug-likeness (QED) is 0.840. The van der Waals surface area contributed by atoms with Crippen LogP contribution in [0.15, 0.2) is 34.9 Å². The van der Waals surface area contributed by atoms with E-state index in [-0.39, 0.29) is 0 Å². The van der Waals surface area contributed by atoms with Crippen LogP contribution in [0.1, 0.15) is 31.6 Å². The van der Waals surface area contributed by atoms with E-state index in [1.807, 2.05) is 24.3 Å². The molecule has 1 aromatic heterocycles. The summed E-state index contributed by atoms with van der Waals surface area (Å²) in [6.45, 7) is 3.10. The molecule has 3 rings (SSSR count). The summed E-state index contributed by atoms with van der Waals surface area (Å²) in [4.78, 5) is 6.83. The number of likely N-dealkylation sites (tertiary alicyclic amines) is 1. The van der Waals surface area contributed by atoms with Crippen LogP contribution in [0.4, 0.5) is 0 Å². The first-order valence-corrected chi connectivity index (χ1v) is 7.62. The highest BCUT2D eigenvalue weighted by Gasteiger charge is 2.13. The number of oxazole rings is 1. The molecule has 0 atom stereocenters. The van der Waals surface area contributed by atoms with Gasteiger partial charge < -0.3 is 4.42 Å². The van der Waals surface area contributed by atoms with Crippen molar-refractivity contribution in [2.75, 3.05) is 13.1 Å². The molecule has 106 valence electrons. The first kappa shape index (κ1) is 13.7. The van der Waals surface area contributed by atoms with Crippen LogP contribution in [-0.4, -0.2) is 23.0 Å². The van der Waals surface area contributed by atoms with Crippen molar-refractivity contribution in [3.05, 3.63) is 41.4 Å². The van der Waals surface area contributed by atoms with Crippen molar-refractivity contribution in [2.45, 2.75) is 32.2 Å². The van der Waals surface area contributed by atoms with E-state index in [1.54, 1.807) is 6.20 Å². The molecule has 2 heterocycles. The highest BCUT2D eigenvalue weighted by atomic mass is 35.5. The molecule has 0 spiro atoms. The van der Waals surface area contributed by atoms with Crippen LogP contribution in [0.2, 0.25) is 5.02 Å². The topological polar surface area (TPSA) is 29.3 Å². The van der Waals surface area contributed by atoms with E-state index in [2.05, 4.69) is 9.88 Å². The fraction of sp³-hybridized carbons (Fsp3) is 0.438. The van der Waals surface area contributed by atoms with Crippen molar-refractivity contribution in [3.63, 3.8) is 0 Å². The largest absolute Gasteiger partial charge is 0.439 e. The molecule has 3 nitrogen and oxygen atoms in total. The minimum atomic E-state index is 0.716. The fourth-order valence-corrected chi connectivity index (χ4v) is 2.83. The minimum Gasteiger partial charge on any atom is -0.439 e. The van der Waals surface area contributed by atoms with Gasteiger partial charge in [0.15, 0.2) is 5.76 Å². The Hall–Kier alpha value is -1.32. The van der Waals surface area contributed by atoms with Gasteiger partial charge in [0, 0.05) is 10.6 Å². The van der Waals surface area contributed by atoms with Crippen LogP contribution >= 0.6 is 11.6 Å². The second kappa shape index (κ2) is 6.42. The van der Waals surface area contributed by atoms with E-state index in [0.717, 1.165) is 36.8 Å². The summed E-state index contributed by atoms with van der Waals surface area (Å²) in [5, 5.41) is 0.716. The van der Waals surface area contributed by atoms with Crippen LogP contribution < -0.4 is 0 Å². The maximum atomic E-state index is 6.00. The zero-order valence-corrected chi connectivity index (χ0v) is 12.3. The summed E-state index contributed by atoms with van der Waals surface area (Å²) in [6, 6.07) is 7.67. The Labute approximate surface area is 124 Å². The van der Waals surface area contributed by atoms with Gasteiger partial charge in [-0.2, -0.15) is 0 Å². The lowest BCUT2D eigenvalue weighted by molar-refractivity contribution is 0.249. The van der Waals surface area contributed by atoms with E-state index in [1.165, 1.54) is 25.7 Å². The predicted octanol–water partition coefficient (Wildman–Crippen LogP) is 4.37. The molecular formula is C16H19ClN2O. The van der Waals surface area contributed by atoms with Crippen LogP contribution in [0.25, 0.3) is 11.3 Å². The third-order valence-electron chi connectivity index (χ3n) is 3.72. The number of halogens is 1. The van der Waals surface area contributed by atoms with Crippen molar-refractivity contribution in [1.29, 1.82) is 0 Å². The minimum absolute atomic E-state index is 0.716. The van der Waals surface area contributed by atoms with Gasteiger partial charge in [-0.3, -0.25) is 4.90 Å². The molecule has 1 aromatic carbocycles. The first-order chi connectivity index (χ1) is 9.81. The Balaban J connectivity index is 1.70. The third kappa shape index (κ3) is 3.41. The zero-order chi connectivity index (χ0) is 13.8. The molecule has 4 heteroatoms. The Morgan fingerprint density at radius 2 is 1.95 bits per heavy atom. The summed E-state index contributed by atoms with van der Waals surface area (Å²) in [7, 11) is 0. The standard InChI is InChI=1S/C16H19ClN2O/c17-14-7-5-6-13(10-14)15-11-18-16(20-15)12-19-8-3-1-2-4-9-19/h5-7,10-11H,1-4,8-9,12H2. The first-order valence-electron chi connectivity index (χ1n) is 7.24. The number of hydrogen-bond acceptors (Lipinski definition) is 3. The highest BCUT2D eigenvalue weighted by molar-refractivity contribution is 6.30. The lowest BCUT2D eigenvalue weighted by Crippen LogP contribution is -2.24. The molecule has 1 saturated heterocycles. The summed E-state index contributed by atoms with van der Waals surface area (Å²) in [5.41, 5.74) is 0.979. The summed E-state index contributed by atoms with van der Waals surface area (Å²) >= 11 is 6.00. The van der Waals surface area contributed by atoms with Crippen LogP contribution in [0, 0.1) is 0 Å². The molecule has 1 aliphatic heterocycles. The second-order valence-corrected chi connectivity index (χ2v) is 5.76. The van der Waals surface area contributed by atoms with Crippen molar-refractivity contribution in [3.8, 4) is 11.3 Å². The molecule has 0 aliphatic carbocycles. The van der Waals surface area contributed by atoms with Crippen molar-refractivity contribution in [2.24, 2.45) is 0 Å². The number of benzene rings is 1. The summed E-state index contributed by atoms with van der Waals surface area (Å²) in [5.74, 6) is 1.58. The van der Waals surface area contributed by atoms with E-state index in [0.29, 0.717) is 5.02 Å². The number of aromatic nitrogens is 1. The molecule has 2 aromatic rings. The lowest BCUT2D eigenvalue weighted by Gasteiger charge is -2.17. The van der Waals surface area contributed by atoms with Crippen molar-refractivity contribution < 1.29 is 4.42 Å².